The lowest BCUT2D eigenvalue weighted by molar-refractivity contribution is -0.136. The van der Waals surface area contributed by atoms with Crippen LogP contribution in [-0.4, -0.2) is 69.8 Å². The van der Waals surface area contributed by atoms with E-state index in [9.17, 15) is 9.59 Å². The minimum Gasteiger partial charge on any atom is -0.493 e. The van der Waals surface area contributed by atoms with Crippen LogP contribution in [0.4, 0.5) is 5.69 Å². The molecule has 0 aromatic heterocycles. The van der Waals surface area contributed by atoms with E-state index >= 15 is 0 Å². The molecular formula is C21H31N3O5. The molecule has 0 atom stereocenters. The van der Waals surface area contributed by atoms with Crippen molar-refractivity contribution in [1.29, 1.82) is 0 Å². The number of nitrogens with one attached hydrogen (secondary N) is 2. The van der Waals surface area contributed by atoms with Crippen molar-refractivity contribution in [2.45, 2.75) is 31.7 Å². The summed E-state index contributed by atoms with van der Waals surface area (Å²) in [6, 6.07) is 5.60. The smallest absolute Gasteiger partial charge is 0.313 e. The van der Waals surface area contributed by atoms with E-state index in [4.69, 9.17) is 14.2 Å². The topological polar surface area (TPSA) is 89.1 Å². The largest absolute Gasteiger partial charge is 0.493 e. The van der Waals surface area contributed by atoms with Gasteiger partial charge in [-0.05, 0) is 56.8 Å². The first-order valence-electron chi connectivity index (χ1n) is 10.2. The number of carbonyl (C=O) groups is 2. The van der Waals surface area contributed by atoms with Crippen LogP contribution in [0, 0.1) is 5.92 Å². The number of rotatable bonds is 6. The molecule has 2 aliphatic heterocycles. The van der Waals surface area contributed by atoms with Crippen molar-refractivity contribution >= 4 is 17.5 Å². The van der Waals surface area contributed by atoms with Gasteiger partial charge in [-0.1, -0.05) is 0 Å². The van der Waals surface area contributed by atoms with Crippen LogP contribution < -0.4 is 20.1 Å². The molecule has 0 spiro atoms. The van der Waals surface area contributed by atoms with Gasteiger partial charge in [0.25, 0.3) is 0 Å². The quantitative estimate of drug-likeness (QED) is 0.700. The second kappa shape index (κ2) is 10.5. The van der Waals surface area contributed by atoms with Crippen LogP contribution in [0.3, 0.4) is 0 Å². The number of amides is 2. The van der Waals surface area contributed by atoms with Gasteiger partial charge in [0.2, 0.25) is 0 Å². The van der Waals surface area contributed by atoms with E-state index in [0.29, 0.717) is 35.7 Å². The first-order valence-corrected chi connectivity index (χ1v) is 10.2. The predicted octanol–water partition coefficient (Wildman–Crippen LogP) is 1.65. The van der Waals surface area contributed by atoms with E-state index in [1.165, 1.54) is 14.2 Å². The fourth-order valence-electron chi connectivity index (χ4n) is 3.99. The summed E-state index contributed by atoms with van der Waals surface area (Å²) in [5, 5.41) is 5.37. The third kappa shape index (κ3) is 5.83. The monoisotopic (exact) mass is 405 g/mol. The fourth-order valence-corrected chi connectivity index (χ4v) is 3.99. The van der Waals surface area contributed by atoms with Crippen molar-refractivity contribution in [3.63, 3.8) is 0 Å². The summed E-state index contributed by atoms with van der Waals surface area (Å²) >= 11 is 0. The zero-order chi connectivity index (χ0) is 20.6. The molecule has 1 aromatic rings. The van der Waals surface area contributed by atoms with Crippen LogP contribution >= 0.6 is 0 Å². The number of hydrogen-bond acceptors (Lipinski definition) is 6. The molecule has 2 saturated heterocycles. The minimum absolute atomic E-state index is 0.406. The third-order valence-corrected chi connectivity index (χ3v) is 5.76. The molecule has 0 aliphatic carbocycles. The van der Waals surface area contributed by atoms with E-state index in [-0.39, 0.29) is 0 Å². The number of methoxy groups -OCH3 is 2. The Bertz CT molecular complexity index is 698. The highest BCUT2D eigenvalue weighted by atomic mass is 16.5. The van der Waals surface area contributed by atoms with Gasteiger partial charge in [-0.2, -0.15) is 0 Å². The molecule has 1 aromatic carbocycles. The molecule has 0 unspecified atom stereocenters. The maximum Gasteiger partial charge on any atom is 0.313 e. The molecule has 2 aliphatic rings. The van der Waals surface area contributed by atoms with Crippen LogP contribution in [0.2, 0.25) is 0 Å². The zero-order valence-electron chi connectivity index (χ0n) is 17.2. The van der Waals surface area contributed by atoms with Crippen molar-refractivity contribution in [3.05, 3.63) is 18.2 Å². The number of anilines is 1. The summed E-state index contributed by atoms with van der Waals surface area (Å²) in [4.78, 5) is 26.9. The van der Waals surface area contributed by atoms with Gasteiger partial charge in [0, 0.05) is 37.6 Å². The molecule has 29 heavy (non-hydrogen) atoms. The molecule has 3 rings (SSSR count). The summed E-state index contributed by atoms with van der Waals surface area (Å²) in [6.45, 7) is 4.33. The number of hydrogen-bond donors (Lipinski definition) is 2. The zero-order valence-corrected chi connectivity index (χ0v) is 17.2. The number of piperidine rings is 1. The Hall–Kier alpha value is -2.32. The SMILES string of the molecule is COc1ccc(NC(=O)C(=O)NCC2CCN(C3CCOCC3)CC2)cc1OC. The van der Waals surface area contributed by atoms with Gasteiger partial charge in [0.15, 0.2) is 11.5 Å². The highest BCUT2D eigenvalue weighted by Gasteiger charge is 2.27. The Morgan fingerprint density at radius 1 is 1.03 bits per heavy atom. The van der Waals surface area contributed by atoms with Gasteiger partial charge in [0.1, 0.15) is 0 Å². The van der Waals surface area contributed by atoms with Crippen molar-refractivity contribution in [1.82, 2.24) is 10.2 Å². The predicted molar refractivity (Wildman–Crippen MR) is 109 cm³/mol. The van der Waals surface area contributed by atoms with Crippen LogP contribution in [0.1, 0.15) is 25.7 Å². The Balaban J connectivity index is 1.41. The average molecular weight is 405 g/mol. The fraction of sp³-hybridized carbons (Fsp3) is 0.619. The van der Waals surface area contributed by atoms with E-state index in [1.807, 2.05) is 0 Å². The minimum atomic E-state index is -0.683. The summed E-state index contributed by atoms with van der Waals surface area (Å²) in [5.74, 6) is 0.150. The van der Waals surface area contributed by atoms with Crippen LogP contribution in [0.25, 0.3) is 0 Å². The summed E-state index contributed by atoms with van der Waals surface area (Å²) in [5.41, 5.74) is 0.479. The van der Waals surface area contributed by atoms with Gasteiger partial charge >= 0.3 is 11.8 Å². The molecule has 2 N–H and O–H groups in total. The lowest BCUT2D eigenvalue weighted by Crippen LogP contribution is -2.46. The first kappa shape index (κ1) is 21.4. The first-order chi connectivity index (χ1) is 14.1. The van der Waals surface area contributed by atoms with Crippen LogP contribution in [0.5, 0.6) is 11.5 Å². The second-order valence-corrected chi connectivity index (χ2v) is 7.56. The maximum absolute atomic E-state index is 12.2. The molecule has 0 radical (unpaired) electrons. The summed E-state index contributed by atoms with van der Waals surface area (Å²) in [6.07, 6.45) is 4.29. The molecule has 0 bridgehead atoms. The average Bonchev–Trinajstić information content (AvgIpc) is 2.78. The lowest BCUT2D eigenvalue weighted by atomic mass is 9.94. The van der Waals surface area contributed by atoms with Gasteiger partial charge in [-0.3, -0.25) is 9.59 Å². The molecule has 160 valence electrons. The van der Waals surface area contributed by atoms with E-state index < -0.39 is 11.8 Å². The van der Waals surface area contributed by atoms with E-state index in [1.54, 1.807) is 18.2 Å². The number of nitrogens with zero attached hydrogens (tertiary/aromatic N) is 1. The summed E-state index contributed by atoms with van der Waals surface area (Å²) < 4.78 is 15.8. The van der Waals surface area contributed by atoms with Crippen LogP contribution in [-0.2, 0) is 14.3 Å². The number of benzene rings is 1. The van der Waals surface area contributed by atoms with Gasteiger partial charge < -0.3 is 29.7 Å². The van der Waals surface area contributed by atoms with Crippen molar-refractivity contribution < 1.29 is 23.8 Å². The van der Waals surface area contributed by atoms with E-state index in [2.05, 4.69) is 15.5 Å². The standard InChI is InChI=1S/C21H31N3O5/c1-27-18-4-3-16(13-19(18)28-2)23-21(26)20(25)22-14-15-5-9-24(10-6-15)17-7-11-29-12-8-17/h3-4,13,15,17H,5-12,14H2,1-2H3,(H,22,25)(H,23,26). The second-order valence-electron chi connectivity index (χ2n) is 7.56. The van der Waals surface area contributed by atoms with E-state index in [0.717, 1.165) is 52.0 Å². The van der Waals surface area contributed by atoms with Crippen molar-refractivity contribution in [2.24, 2.45) is 5.92 Å². The maximum atomic E-state index is 12.2. The highest BCUT2D eigenvalue weighted by molar-refractivity contribution is 6.39. The number of likely N-dealkylation sites (tertiary alicyclic amines) is 1. The lowest BCUT2D eigenvalue weighted by Gasteiger charge is -2.39. The summed E-state index contributed by atoms with van der Waals surface area (Å²) in [7, 11) is 3.06. The van der Waals surface area contributed by atoms with Gasteiger partial charge in [-0.25, -0.2) is 0 Å². The molecule has 2 heterocycles. The van der Waals surface area contributed by atoms with Crippen molar-refractivity contribution in [3.8, 4) is 11.5 Å². The highest BCUT2D eigenvalue weighted by Crippen LogP contribution is 2.29. The van der Waals surface area contributed by atoms with Crippen LogP contribution in [0.15, 0.2) is 18.2 Å². The number of ether oxygens (including phenoxy) is 3. The Morgan fingerprint density at radius 3 is 2.38 bits per heavy atom. The molecule has 8 nitrogen and oxygen atoms in total. The van der Waals surface area contributed by atoms with Gasteiger partial charge in [0.05, 0.1) is 14.2 Å². The molecular weight excluding hydrogens is 374 g/mol. The Kier molecular flexibility index (Phi) is 7.71. The molecule has 2 amide bonds. The molecule has 8 heteroatoms. The molecule has 0 saturated carbocycles. The normalized spacial score (nSPS) is 18.8. The Labute approximate surface area is 171 Å². The van der Waals surface area contributed by atoms with Gasteiger partial charge in [-0.15, -0.1) is 0 Å². The number of carbonyl (C=O) groups excluding carboxylic acids is 2. The third-order valence-electron chi connectivity index (χ3n) is 5.76. The molecule has 2 fully saturated rings. The Morgan fingerprint density at radius 2 is 1.72 bits per heavy atom. The van der Waals surface area contributed by atoms with Crippen molar-refractivity contribution in [2.75, 3.05) is 52.4 Å².